The Morgan fingerprint density at radius 1 is 1.00 bits per heavy atom. The monoisotopic (exact) mass is 407 g/mol. The van der Waals surface area contributed by atoms with Crippen molar-refractivity contribution in [1.82, 2.24) is 0 Å². The van der Waals surface area contributed by atoms with Crippen molar-refractivity contribution >= 4 is 10.4 Å². The minimum atomic E-state index is -4.67. The molecule has 6 nitrogen and oxygen atoms in total. The van der Waals surface area contributed by atoms with Crippen LogP contribution in [0.15, 0.2) is 0 Å². The molecule has 1 aliphatic rings. The number of hydrogen-bond donors (Lipinski definition) is 4. The van der Waals surface area contributed by atoms with E-state index in [9.17, 15) is 0 Å². The molecule has 6 N–H and O–H groups in total. The van der Waals surface area contributed by atoms with Crippen LogP contribution in [-0.4, -0.2) is 29.6 Å². The molecule has 0 radical (unpaired) electrons. The Balaban J connectivity index is 0. The van der Waals surface area contributed by atoms with Gasteiger partial charge in [-0.15, -0.1) is 0 Å². The standard InChI is InChI=1S/C6H14N2.H2O4S.Pt/c7-5-3-1-2-4-6(5)8;1-5(2,3)4;/h5-6H,1-4,7-8H2;(H2,1,2,3,4);/q;;+2. The number of hydrogen-bond acceptors (Lipinski definition) is 4. The third kappa shape index (κ3) is 12.5. The van der Waals surface area contributed by atoms with Crippen LogP contribution in [0.3, 0.4) is 0 Å². The molecule has 0 bridgehead atoms. The van der Waals surface area contributed by atoms with Gasteiger partial charge in [0.15, 0.2) is 0 Å². The predicted molar refractivity (Wildman–Crippen MR) is 48.6 cm³/mol. The van der Waals surface area contributed by atoms with E-state index in [1.54, 1.807) is 0 Å². The summed E-state index contributed by atoms with van der Waals surface area (Å²) in [6.45, 7) is 0. The van der Waals surface area contributed by atoms with Gasteiger partial charge in [0.2, 0.25) is 0 Å². The van der Waals surface area contributed by atoms with Gasteiger partial charge in [-0.1, -0.05) is 12.8 Å². The SMILES string of the molecule is NC1CCCCC1N.O=S(=O)(O)O.[Pt+2]. The Bertz CT molecular complexity index is 216. The fraction of sp³-hybridized carbons (Fsp3) is 1.00. The summed E-state index contributed by atoms with van der Waals surface area (Å²) in [6, 6.07) is 0.562. The van der Waals surface area contributed by atoms with Crippen molar-refractivity contribution in [1.29, 1.82) is 0 Å². The van der Waals surface area contributed by atoms with Crippen LogP contribution in [-0.2, 0) is 31.5 Å². The molecule has 0 aromatic heterocycles. The first kappa shape index (κ1) is 16.9. The summed E-state index contributed by atoms with van der Waals surface area (Å²) in [6.07, 6.45) is 4.80. The molecule has 8 heteroatoms. The average Bonchev–Trinajstić information content (AvgIpc) is 1.92. The van der Waals surface area contributed by atoms with Crippen molar-refractivity contribution in [3.05, 3.63) is 0 Å². The molecule has 2 unspecified atom stereocenters. The van der Waals surface area contributed by atoms with Crippen LogP contribution in [0.4, 0.5) is 0 Å². The summed E-state index contributed by atoms with van der Waals surface area (Å²) in [5.41, 5.74) is 11.3. The third-order valence-electron chi connectivity index (χ3n) is 1.87. The van der Waals surface area contributed by atoms with E-state index in [1.807, 2.05) is 0 Å². The zero-order chi connectivity index (χ0) is 10.5. The summed E-state index contributed by atoms with van der Waals surface area (Å²) >= 11 is 0. The van der Waals surface area contributed by atoms with Gasteiger partial charge in [-0.05, 0) is 12.8 Å². The second-order valence-corrected chi connectivity index (χ2v) is 3.96. The largest absolute Gasteiger partial charge is 2.00 e. The van der Waals surface area contributed by atoms with Crippen LogP contribution in [0.5, 0.6) is 0 Å². The predicted octanol–water partition coefficient (Wildman–Crippen LogP) is -0.440. The van der Waals surface area contributed by atoms with Gasteiger partial charge in [-0.3, -0.25) is 9.11 Å². The summed E-state index contributed by atoms with van der Waals surface area (Å²) in [4.78, 5) is 0. The Morgan fingerprint density at radius 3 is 1.36 bits per heavy atom. The molecule has 0 heterocycles. The first-order valence-corrected chi connectivity index (χ1v) is 5.41. The van der Waals surface area contributed by atoms with Crippen LogP contribution in [0.1, 0.15) is 25.7 Å². The van der Waals surface area contributed by atoms with E-state index in [2.05, 4.69) is 0 Å². The maximum Gasteiger partial charge on any atom is 2.00 e. The first-order valence-electron chi connectivity index (χ1n) is 4.01. The topological polar surface area (TPSA) is 127 Å². The number of rotatable bonds is 0. The Labute approximate surface area is 98.3 Å². The average molecular weight is 407 g/mol. The van der Waals surface area contributed by atoms with Gasteiger partial charge in [0, 0.05) is 12.1 Å². The van der Waals surface area contributed by atoms with E-state index in [-0.39, 0.29) is 33.1 Å². The number of nitrogens with two attached hydrogens (primary N) is 2. The molecule has 1 aliphatic carbocycles. The van der Waals surface area contributed by atoms with E-state index < -0.39 is 10.4 Å². The van der Waals surface area contributed by atoms with Gasteiger partial charge in [-0.25, -0.2) is 0 Å². The second kappa shape index (κ2) is 7.73. The molecule has 1 saturated carbocycles. The summed E-state index contributed by atoms with van der Waals surface area (Å²) in [5, 5.41) is 0. The summed E-state index contributed by atoms with van der Waals surface area (Å²) < 4.78 is 31.6. The van der Waals surface area contributed by atoms with Crippen LogP contribution in [0, 0.1) is 0 Å². The van der Waals surface area contributed by atoms with Crippen LogP contribution < -0.4 is 11.5 Å². The molecular formula is C6H16N2O4PtS+2. The van der Waals surface area contributed by atoms with Crippen LogP contribution in [0.25, 0.3) is 0 Å². The molecule has 14 heavy (non-hydrogen) atoms. The Kier molecular flexibility index (Phi) is 9.33. The Morgan fingerprint density at radius 2 is 1.21 bits per heavy atom. The van der Waals surface area contributed by atoms with E-state index in [0.717, 1.165) is 12.8 Å². The zero-order valence-corrected chi connectivity index (χ0v) is 10.7. The van der Waals surface area contributed by atoms with E-state index in [4.69, 9.17) is 29.0 Å². The molecule has 2 atom stereocenters. The van der Waals surface area contributed by atoms with Crippen molar-refractivity contribution in [2.24, 2.45) is 11.5 Å². The first-order chi connectivity index (χ1) is 5.80. The summed E-state index contributed by atoms with van der Waals surface area (Å²) in [5.74, 6) is 0. The smallest absolute Gasteiger partial charge is 0.326 e. The molecule has 1 rings (SSSR count). The molecular weight excluding hydrogens is 391 g/mol. The van der Waals surface area contributed by atoms with Crippen molar-refractivity contribution in [2.45, 2.75) is 37.8 Å². The van der Waals surface area contributed by atoms with Gasteiger partial charge in [0.05, 0.1) is 0 Å². The van der Waals surface area contributed by atoms with E-state index in [0.29, 0.717) is 0 Å². The summed E-state index contributed by atoms with van der Waals surface area (Å²) in [7, 11) is -4.67. The van der Waals surface area contributed by atoms with E-state index in [1.165, 1.54) is 12.8 Å². The molecule has 0 spiro atoms. The zero-order valence-electron chi connectivity index (χ0n) is 7.57. The van der Waals surface area contributed by atoms with Crippen molar-refractivity contribution in [3.63, 3.8) is 0 Å². The minimum absolute atomic E-state index is 0. The fourth-order valence-electron chi connectivity index (χ4n) is 1.19. The molecule has 0 aromatic rings. The van der Waals surface area contributed by atoms with Crippen molar-refractivity contribution in [3.8, 4) is 0 Å². The van der Waals surface area contributed by atoms with Crippen LogP contribution in [0.2, 0.25) is 0 Å². The van der Waals surface area contributed by atoms with Gasteiger partial charge in [0.1, 0.15) is 0 Å². The maximum atomic E-state index is 8.74. The molecule has 0 saturated heterocycles. The maximum absolute atomic E-state index is 8.74. The van der Waals surface area contributed by atoms with Gasteiger partial charge in [0.25, 0.3) is 0 Å². The van der Waals surface area contributed by atoms with Crippen molar-refractivity contribution in [2.75, 3.05) is 0 Å². The Hall–Kier alpha value is 0.478. The van der Waals surface area contributed by atoms with E-state index >= 15 is 0 Å². The molecule has 0 aromatic carbocycles. The molecule has 1 fully saturated rings. The van der Waals surface area contributed by atoms with Gasteiger partial charge in [-0.2, -0.15) is 8.42 Å². The van der Waals surface area contributed by atoms with Crippen molar-refractivity contribution < 1.29 is 38.6 Å². The fourth-order valence-corrected chi connectivity index (χ4v) is 1.19. The second-order valence-electron chi connectivity index (χ2n) is 3.06. The molecule has 0 aliphatic heterocycles. The molecule has 88 valence electrons. The normalized spacial score (nSPS) is 26.9. The quantitative estimate of drug-likeness (QED) is 0.404. The third-order valence-corrected chi connectivity index (χ3v) is 1.87. The van der Waals surface area contributed by atoms with Gasteiger partial charge < -0.3 is 11.5 Å². The molecule has 0 amide bonds. The van der Waals surface area contributed by atoms with Crippen LogP contribution >= 0.6 is 0 Å². The minimum Gasteiger partial charge on any atom is -0.326 e. The van der Waals surface area contributed by atoms with Gasteiger partial charge >= 0.3 is 31.5 Å².